The predicted octanol–water partition coefficient (Wildman–Crippen LogP) is 8.80. The zero-order valence-corrected chi connectivity index (χ0v) is 27.6. The summed E-state index contributed by atoms with van der Waals surface area (Å²) in [6, 6.07) is 6.43. The molecule has 1 saturated heterocycles. The van der Waals surface area contributed by atoms with E-state index in [-0.39, 0.29) is 33.5 Å². The summed E-state index contributed by atoms with van der Waals surface area (Å²) in [7, 11) is 0. The molecule has 5 heteroatoms. The van der Waals surface area contributed by atoms with E-state index in [1.54, 1.807) is 18.2 Å². The number of benzene rings is 1. The lowest BCUT2D eigenvalue weighted by molar-refractivity contribution is -0.252. The maximum atomic E-state index is 13.4. The third-order valence-electron chi connectivity index (χ3n) is 15.7. The summed E-state index contributed by atoms with van der Waals surface area (Å²) in [5.74, 6) is 0.976. The van der Waals surface area contributed by atoms with E-state index >= 15 is 0 Å². The van der Waals surface area contributed by atoms with Gasteiger partial charge in [0, 0.05) is 5.41 Å². The molecule has 10 atom stereocenters. The van der Waals surface area contributed by atoms with Gasteiger partial charge in [0.05, 0.1) is 23.8 Å². The number of ether oxygens (including phenoxy) is 2. The van der Waals surface area contributed by atoms with Crippen LogP contribution in [0.1, 0.15) is 133 Å². The first kappa shape index (κ1) is 29.8. The number of rotatable bonds is 3. The van der Waals surface area contributed by atoms with E-state index in [0.717, 1.165) is 25.4 Å². The fourth-order valence-electron chi connectivity index (χ4n) is 13.2. The lowest BCUT2D eigenvalue weighted by Gasteiger charge is -2.73. The second-order valence-corrected chi connectivity index (χ2v) is 17.9. The van der Waals surface area contributed by atoms with E-state index in [9.17, 15) is 14.7 Å². The molecular formula is C38H54O5. The normalized spacial score (nSPS) is 47.3. The Balaban J connectivity index is 1.16. The Kier molecular flexibility index (Phi) is 6.47. The molecule has 0 radical (unpaired) electrons. The molecule has 5 saturated carbocycles. The van der Waals surface area contributed by atoms with Gasteiger partial charge in [-0.05, 0) is 127 Å². The summed E-state index contributed by atoms with van der Waals surface area (Å²) < 4.78 is 13.0. The molecule has 0 aromatic heterocycles. The highest BCUT2D eigenvalue weighted by Crippen LogP contribution is 2.78. The molecule has 7 rings (SSSR count). The highest BCUT2D eigenvalue weighted by Gasteiger charge is 2.73. The van der Waals surface area contributed by atoms with Crippen LogP contribution in [-0.4, -0.2) is 35.9 Å². The molecule has 1 aromatic rings. The van der Waals surface area contributed by atoms with E-state index in [4.69, 9.17) is 9.47 Å². The number of carboxylic acid groups (broad SMARTS) is 1. The Morgan fingerprint density at radius 2 is 1.49 bits per heavy atom. The Hall–Kier alpha value is -1.88. The van der Waals surface area contributed by atoms with Gasteiger partial charge in [0.15, 0.2) is 0 Å². The number of hydrogen-bond donors (Lipinski definition) is 1. The molecule has 236 valence electrons. The Bertz CT molecular complexity index is 1330. The highest BCUT2D eigenvalue weighted by atomic mass is 16.5. The van der Waals surface area contributed by atoms with Gasteiger partial charge in [0.1, 0.15) is 6.10 Å². The predicted molar refractivity (Wildman–Crippen MR) is 167 cm³/mol. The van der Waals surface area contributed by atoms with E-state index in [1.165, 1.54) is 57.4 Å². The van der Waals surface area contributed by atoms with Crippen LogP contribution in [0, 0.1) is 56.2 Å². The molecule has 43 heavy (non-hydrogen) atoms. The quantitative estimate of drug-likeness (QED) is 0.356. The van der Waals surface area contributed by atoms with Crippen molar-refractivity contribution in [1.29, 1.82) is 0 Å². The summed E-state index contributed by atoms with van der Waals surface area (Å²) in [5.41, 5.74) is 1.49. The van der Waals surface area contributed by atoms with Crippen molar-refractivity contribution in [3.8, 4) is 0 Å². The minimum absolute atomic E-state index is 0.0128. The van der Waals surface area contributed by atoms with Crippen molar-refractivity contribution in [2.75, 3.05) is 6.61 Å². The second-order valence-electron chi connectivity index (χ2n) is 17.9. The third kappa shape index (κ3) is 3.85. The van der Waals surface area contributed by atoms with E-state index in [1.807, 2.05) is 0 Å². The molecular weight excluding hydrogens is 536 g/mol. The lowest BCUT2D eigenvalue weighted by Crippen LogP contribution is -2.68. The van der Waals surface area contributed by atoms with Crippen LogP contribution in [0.2, 0.25) is 0 Å². The number of hydrogen-bond acceptors (Lipinski definition) is 4. The molecule has 0 spiro atoms. The number of fused-ring (bicyclic) bond motifs is 5. The van der Waals surface area contributed by atoms with Crippen LogP contribution in [0.4, 0.5) is 0 Å². The van der Waals surface area contributed by atoms with Crippen LogP contribution in [0.3, 0.4) is 0 Å². The molecule has 6 aliphatic rings. The topological polar surface area (TPSA) is 72.8 Å². The first-order valence-corrected chi connectivity index (χ1v) is 17.3. The second kappa shape index (κ2) is 9.33. The van der Waals surface area contributed by atoms with Crippen LogP contribution in [-0.2, 0) is 9.47 Å². The molecule has 6 fully saturated rings. The van der Waals surface area contributed by atoms with Crippen molar-refractivity contribution >= 4 is 11.9 Å². The number of esters is 1. The number of carbonyl (C=O) groups is 2. The lowest BCUT2D eigenvalue weighted by atomic mass is 9.31. The first-order valence-electron chi connectivity index (χ1n) is 17.3. The van der Waals surface area contributed by atoms with Crippen molar-refractivity contribution in [2.24, 2.45) is 56.2 Å². The Labute approximate surface area is 258 Å². The molecule has 5 nitrogen and oxygen atoms in total. The summed E-state index contributed by atoms with van der Waals surface area (Å²) in [4.78, 5) is 25.2. The monoisotopic (exact) mass is 590 g/mol. The summed E-state index contributed by atoms with van der Waals surface area (Å²) in [5, 5.41) is 9.66. The molecule has 10 unspecified atom stereocenters. The highest BCUT2D eigenvalue weighted by molar-refractivity contribution is 6.02. The largest absolute Gasteiger partial charge is 0.478 e. The maximum Gasteiger partial charge on any atom is 0.339 e. The van der Waals surface area contributed by atoms with Gasteiger partial charge < -0.3 is 14.6 Å². The van der Waals surface area contributed by atoms with Gasteiger partial charge in [-0.25, -0.2) is 9.59 Å². The van der Waals surface area contributed by atoms with Crippen LogP contribution >= 0.6 is 0 Å². The van der Waals surface area contributed by atoms with E-state index in [2.05, 4.69) is 48.5 Å². The molecule has 5 aliphatic carbocycles. The maximum absolute atomic E-state index is 13.4. The SMILES string of the molecule is CC1(C)CCC23CCC4(C)C(CCC5C6(C)CCC(OC(=O)c7ccccc7C(=O)O)C(C)(C)C6CCC54C)C2C1OC3. The van der Waals surface area contributed by atoms with Gasteiger partial charge in [0.25, 0.3) is 0 Å². The van der Waals surface area contributed by atoms with Gasteiger partial charge in [0.2, 0.25) is 0 Å². The molecule has 1 aliphatic heterocycles. The van der Waals surface area contributed by atoms with Gasteiger partial charge in [-0.1, -0.05) is 60.6 Å². The molecule has 1 aromatic carbocycles. The van der Waals surface area contributed by atoms with Crippen molar-refractivity contribution in [2.45, 2.75) is 125 Å². The zero-order valence-electron chi connectivity index (χ0n) is 27.6. The van der Waals surface area contributed by atoms with E-state index < -0.39 is 11.9 Å². The van der Waals surface area contributed by atoms with Crippen LogP contribution in [0.15, 0.2) is 24.3 Å². The van der Waals surface area contributed by atoms with Crippen molar-refractivity contribution in [3.05, 3.63) is 35.4 Å². The van der Waals surface area contributed by atoms with Crippen LogP contribution in [0.5, 0.6) is 0 Å². The first-order chi connectivity index (χ1) is 20.1. The fourth-order valence-corrected chi connectivity index (χ4v) is 13.2. The summed E-state index contributed by atoms with van der Waals surface area (Å²) >= 11 is 0. The minimum Gasteiger partial charge on any atom is -0.478 e. The summed E-state index contributed by atoms with van der Waals surface area (Å²) in [6.07, 6.45) is 12.4. The average Bonchev–Trinajstić information content (AvgIpc) is 3.29. The van der Waals surface area contributed by atoms with Crippen LogP contribution in [0.25, 0.3) is 0 Å². The molecule has 2 bridgehead atoms. The zero-order chi connectivity index (χ0) is 30.8. The standard InChI is InChI=1S/C38H54O5/c1-33(2)18-20-38-21-19-36(6)25(29(38)30(33)42-22-38)12-13-27-35(5)16-15-28(34(3,4)26(35)14-17-37(27,36)7)43-32(41)24-11-9-8-10-23(24)31(39)40/h8-11,25-30H,12-22H2,1-7H3,(H,39,40). The number of carbonyl (C=O) groups excluding carboxylic acids is 1. The van der Waals surface area contributed by atoms with Crippen LogP contribution < -0.4 is 0 Å². The van der Waals surface area contributed by atoms with Gasteiger partial charge in [-0.2, -0.15) is 0 Å². The minimum atomic E-state index is -1.09. The third-order valence-corrected chi connectivity index (χ3v) is 15.7. The summed E-state index contributed by atoms with van der Waals surface area (Å²) in [6.45, 7) is 18.5. The smallest absolute Gasteiger partial charge is 0.339 e. The van der Waals surface area contributed by atoms with Gasteiger partial charge in [-0.15, -0.1) is 0 Å². The Morgan fingerprint density at radius 3 is 2.21 bits per heavy atom. The molecule has 1 N–H and O–H groups in total. The van der Waals surface area contributed by atoms with E-state index in [0.29, 0.717) is 40.1 Å². The molecule has 1 heterocycles. The van der Waals surface area contributed by atoms with Gasteiger partial charge >= 0.3 is 11.9 Å². The number of carboxylic acids is 1. The Morgan fingerprint density at radius 1 is 0.791 bits per heavy atom. The van der Waals surface area contributed by atoms with Crippen molar-refractivity contribution in [1.82, 2.24) is 0 Å². The van der Waals surface area contributed by atoms with Gasteiger partial charge in [-0.3, -0.25) is 0 Å². The van der Waals surface area contributed by atoms with Crippen molar-refractivity contribution < 1.29 is 24.2 Å². The average molecular weight is 591 g/mol. The molecule has 0 amide bonds. The van der Waals surface area contributed by atoms with Crippen molar-refractivity contribution in [3.63, 3.8) is 0 Å². The number of aromatic carboxylic acids is 1. The fraction of sp³-hybridized carbons (Fsp3) is 0.789.